The van der Waals surface area contributed by atoms with Crippen LogP contribution in [0, 0.1) is 6.92 Å². The van der Waals surface area contributed by atoms with Crippen LogP contribution in [0.25, 0.3) is 0 Å². The summed E-state index contributed by atoms with van der Waals surface area (Å²) >= 11 is 1.32. The van der Waals surface area contributed by atoms with E-state index in [0.29, 0.717) is 10.6 Å². The molecule has 0 fully saturated rings. The van der Waals surface area contributed by atoms with E-state index in [-0.39, 0.29) is 0 Å². The molecule has 1 rings (SSSR count). The van der Waals surface area contributed by atoms with Crippen LogP contribution in [-0.4, -0.2) is 40.6 Å². The monoisotopic (exact) mass is 298 g/mol. The van der Waals surface area contributed by atoms with Crippen molar-refractivity contribution in [1.82, 2.24) is 9.88 Å². The molecule has 0 amide bonds. The summed E-state index contributed by atoms with van der Waals surface area (Å²) in [7, 11) is 0. The van der Waals surface area contributed by atoms with Gasteiger partial charge in [-0.05, 0) is 32.9 Å². The first kappa shape index (κ1) is 17.1. The van der Waals surface area contributed by atoms with E-state index < -0.39 is 5.97 Å². The number of nitrogens with zero attached hydrogens (tertiary/aromatic N) is 2. The number of thiazole rings is 1. The zero-order valence-corrected chi connectivity index (χ0v) is 13.6. The van der Waals surface area contributed by atoms with Crippen LogP contribution in [0.5, 0.6) is 0 Å². The fraction of sp³-hybridized carbons (Fsp3) is 0.733. The molecule has 5 heteroatoms. The fourth-order valence-corrected chi connectivity index (χ4v) is 3.00. The van der Waals surface area contributed by atoms with Crippen molar-refractivity contribution in [3.8, 4) is 0 Å². The second-order valence-electron chi connectivity index (χ2n) is 5.13. The number of carboxylic acid groups (broad SMARTS) is 1. The second-order valence-corrected chi connectivity index (χ2v) is 6.21. The number of unbranched alkanes of at least 4 members (excludes halogenated alkanes) is 2. The van der Waals surface area contributed by atoms with Crippen molar-refractivity contribution in [2.45, 2.75) is 52.9 Å². The fourth-order valence-electron chi connectivity index (χ4n) is 2.11. The summed E-state index contributed by atoms with van der Waals surface area (Å²) in [5.74, 6) is -0.861. The highest BCUT2D eigenvalue weighted by atomic mass is 32.1. The van der Waals surface area contributed by atoms with E-state index in [1.807, 2.05) is 0 Å². The highest BCUT2D eigenvalue weighted by Crippen LogP contribution is 2.18. The van der Waals surface area contributed by atoms with E-state index in [4.69, 9.17) is 5.11 Å². The number of carboxylic acids is 1. The van der Waals surface area contributed by atoms with E-state index in [2.05, 4.69) is 23.7 Å². The molecule has 0 saturated carbocycles. The third-order valence-electron chi connectivity index (χ3n) is 3.33. The summed E-state index contributed by atoms with van der Waals surface area (Å²) in [6.45, 7) is 9.43. The molecule has 4 nitrogen and oxygen atoms in total. The SMILES string of the molecule is CCCCN(CCCC)CCc1nc(C)c(C(=O)O)s1. The summed E-state index contributed by atoms with van der Waals surface area (Å²) in [5.41, 5.74) is 0.645. The third-order valence-corrected chi connectivity index (χ3v) is 4.54. The van der Waals surface area contributed by atoms with Crippen LogP contribution in [0.3, 0.4) is 0 Å². The second kappa shape index (κ2) is 9.08. The topological polar surface area (TPSA) is 53.4 Å². The smallest absolute Gasteiger partial charge is 0.347 e. The van der Waals surface area contributed by atoms with E-state index in [9.17, 15) is 4.79 Å². The number of hydrogen-bond acceptors (Lipinski definition) is 4. The lowest BCUT2D eigenvalue weighted by Crippen LogP contribution is -2.28. The van der Waals surface area contributed by atoms with Gasteiger partial charge in [-0.3, -0.25) is 0 Å². The van der Waals surface area contributed by atoms with Gasteiger partial charge in [0.1, 0.15) is 4.88 Å². The average molecular weight is 298 g/mol. The van der Waals surface area contributed by atoms with Crippen molar-refractivity contribution >= 4 is 17.3 Å². The molecule has 0 radical (unpaired) electrons. The normalized spacial score (nSPS) is 11.2. The van der Waals surface area contributed by atoms with Crippen LogP contribution < -0.4 is 0 Å². The number of carbonyl (C=O) groups is 1. The molecule has 1 aromatic heterocycles. The highest BCUT2D eigenvalue weighted by Gasteiger charge is 2.14. The number of aromatic nitrogens is 1. The largest absolute Gasteiger partial charge is 0.477 e. The van der Waals surface area contributed by atoms with Crippen molar-refractivity contribution < 1.29 is 9.90 Å². The molecule has 0 aliphatic rings. The van der Waals surface area contributed by atoms with Gasteiger partial charge in [0.05, 0.1) is 10.7 Å². The Labute approximate surface area is 125 Å². The number of rotatable bonds is 10. The Balaban J connectivity index is 2.52. The molecule has 114 valence electrons. The molecule has 0 saturated heterocycles. The van der Waals surface area contributed by atoms with Crippen LogP contribution >= 0.6 is 11.3 Å². The minimum absolute atomic E-state index is 0.383. The van der Waals surface area contributed by atoms with Gasteiger partial charge in [0.2, 0.25) is 0 Å². The summed E-state index contributed by atoms with van der Waals surface area (Å²) < 4.78 is 0. The summed E-state index contributed by atoms with van der Waals surface area (Å²) in [4.78, 5) is 18.3. The van der Waals surface area contributed by atoms with Gasteiger partial charge in [-0.25, -0.2) is 9.78 Å². The predicted molar refractivity (Wildman–Crippen MR) is 83.8 cm³/mol. The van der Waals surface area contributed by atoms with E-state index in [0.717, 1.165) is 31.1 Å². The Morgan fingerprint density at radius 3 is 2.25 bits per heavy atom. The van der Waals surface area contributed by atoms with Gasteiger partial charge in [-0.15, -0.1) is 11.3 Å². The Bertz CT molecular complexity index is 410. The lowest BCUT2D eigenvalue weighted by atomic mass is 10.2. The van der Waals surface area contributed by atoms with Crippen molar-refractivity contribution in [1.29, 1.82) is 0 Å². The van der Waals surface area contributed by atoms with Crippen LogP contribution in [0.1, 0.15) is 59.9 Å². The van der Waals surface area contributed by atoms with Crippen molar-refractivity contribution in [2.75, 3.05) is 19.6 Å². The van der Waals surface area contributed by atoms with Gasteiger partial charge in [0.15, 0.2) is 0 Å². The molecule has 0 unspecified atom stereocenters. The number of aromatic carboxylic acids is 1. The Hall–Kier alpha value is -0.940. The van der Waals surface area contributed by atoms with Gasteiger partial charge in [-0.2, -0.15) is 0 Å². The van der Waals surface area contributed by atoms with E-state index in [1.165, 1.54) is 37.0 Å². The van der Waals surface area contributed by atoms with Crippen LogP contribution in [0.15, 0.2) is 0 Å². The molecule has 1 aromatic rings. The van der Waals surface area contributed by atoms with Crippen molar-refractivity contribution in [2.24, 2.45) is 0 Å². The zero-order valence-electron chi connectivity index (χ0n) is 12.8. The van der Waals surface area contributed by atoms with Crippen LogP contribution in [-0.2, 0) is 6.42 Å². The maximum absolute atomic E-state index is 11.0. The Morgan fingerprint density at radius 1 is 1.20 bits per heavy atom. The zero-order chi connectivity index (χ0) is 15.0. The lowest BCUT2D eigenvalue weighted by Gasteiger charge is -2.21. The molecule has 0 aliphatic carbocycles. The van der Waals surface area contributed by atoms with Gasteiger partial charge in [0.25, 0.3) is 0 Å². The van der Waals surface area contributed by atoms with Crippen molar-refractivity contribution in [3.05, 3.63) is 15.6 Å². The van der Waals surface area contributed by atoms with Crippen molar-refractivity contribution in [3.63, 3.8) is 0 Å². The number of aryl methyl sites for hydroxylation is 1. The first-order valence-corrected chi connectivity index (χ1v) is 8.32. The highest BCUT2D eigenvalue weighted by molar-refractivity contribution is 7.13. The predicted octanol–water partition coefficient (Wildman–Crippen LogP) is 3.59. The van der Waals surface area contributed by atoms with Gasteiger partial charge in [0, 0.05) is 13.0 Å². The summed E-state index contributed by atoms with van der Waals surface area (Å²) in [6.07, 6.45) is 5.72. The molecule has 0 spiro atoms. The Kier molecular flexibility index (Phi) is 7.77. The van der Waals surface area contributed by atoms with E-state index in [1.54, 1.807) is 6.92 Å². The van der Waals surface area contributed by atoms with Crippen LogP contribution in [0.2, 0.25) is 0 Å². The molecule has 1 heterocycles. The first-order valence-electron chi connectivity index (χ1n) is 7.50. The molecule has 0 aliphatic heterocycles. The Morgan fingerprint density at radius 2 is 1.80 bits per heavy atom. The summed E-state index contributed by atoms with van der Waals surface area (Å²) in [6, 6.07) is 0. The lowest BCUT2D eigenvalue weighted by molar-refractivity contribution is 0.0701. The van der Waals surface area contributed by atoms with Gasteiger partial charge < -0.3 is 10.0 Å². The molecule has 20 heavy (non-hydrogen) atoms. The van der Waals surface area contributed by atoms with Crippen LogP contribution in [0.4, 0.5) is 0 Å². The quantitative estimate of drug-likeness (QED) is 0.717. The third kappa shape index (κ3) is 5.59. The minimum Gasteiger partial charge on any atom is -0.477 e. The molecule has 0 bridgehead atoms. The molecular formula is C15H26N2O2S. The van der Waals surface area contributed by atoms with E-state index >= 15 is 0 Å². The summed E-state index contributed by atoms with van der Waals surface area (Å²) in [5, 5.41) is 9.99. The molecule has 0 atom stereocenters. The van der Waals surface area contributed by atoms with Gasteiger partial charge in [-0.1, -0.05) is 26.7 Å². The standard InChI is InChI=1S/C15H26N2O2S/c1-4-6-9-17(10-7-5-2)11-8-13-16-12(3)14(20-13)15(18)19/h4-11H2,1-3H3,(H,18,19). The molecule has 1 N–H and O–H groups in total. The maximum atomic E-state index is 11.0. The molecular weight excluding hydrogens is 272 g/mol. The maximum Gasteiger partial charge on any atom is 0.347 e. The first-order chi connectivity index (χ1) is 9.58. The minimum atomic E-state index is -0.861. The average Bonchev–Trinajstić information content (AvgIpc) is 2.79. The number of hydrogen-bond donors (Lipinski definition) is 1. The van der Waals surface area contributed by atoms with Gasteiger partial charge >= 0.3 is 5.97 Å². The molecule has 0 aromatic carbocycles.